The molecule has 3 N–H and O–H groups in total. The Labute approximate surface area is 133 Å². The summed E-state index contributed by atoms with van der Waals surface area (Å²) >= 11 is 0. The molecule has 2 amide bonds. The number of ether oxygens (including phenoxy) is 2. The summed E-state index contributed by atoms with van der Waals surface area (Å²) in [5.74, 6) is -0.560. The maximum Gasteiger partial charge on any atom is 0.258 e. The van der Waals surface area contributed by atoms with Crippen molar-refractivity contribution in [3.8, 4) is 11.5 Å². The molecule has 2 rings (SSSR count). The number of carbonyl (C=O) groups is 2. The molecule has 8 nitrogen and oxygen atoms in total. The number of primary amides is 1. The van der Waals surface area contributed by atoms with Crippen LogP contribution >= 0.6 is 0 Å². The summed E-state index contributed by atoms with van der Waals surface area (Å²) in [6.45, 7) is -0.344. The molecule has 1 atom stereocenters. The summed E-state index contributed by atoms with van der Waals surface area (Å²) in [5, 5.41) is 2.59. The number of rotatable bonds is 6. The maximum absolute atomic E-state index is 11.8. The molecule has 23 heavy (non-hydrogen) atoms. The normalized spacial score (nSPS) is 19.1. The highest BCUT2D eigenvalue weighted by Gasteiger charge is 2.29. The second kappa shape index (κ2) is 6.86. The monoisotopic (exact) mass is 342 g/mol. The molecule has 0 radical (unpaired) electrons. The average Bonchev–Trinajstić information content (AvgIpc) is 2.83. The average molecular weight is 342 g/mol. The Morgan fingerprint density at radius 2 is 2.13 bits per heavy atom. The summed E-state index contributed by atoms with van der Waals surface area (Å²) < 4.78 is 33.0. The first-order valence-electron chi connectivity index (χ1n) is 6.91. The molecular formula is C14H18N2O6S. The minimum Gasteiger partial charge on any atom is -0.497 e. The van der Waals surface area contributed by atoms with Crippen LogP contribution in [0.5, 0.6) is 11.5 Å². The molecule has 1 aromatic rings. The van der Waals surface area contributed by atoms with Crippen LogP contribution < -0.4 is 20.5 Å². The molecule has 1 aliphatic rings. The van der Waals surface area contributed by atoms with Gasteiger partial charge in [0.15, 0.2) is 16.4 Å². The largest absolute Gasteiger partial charge is 0.497 e. The Hall–Kier alpha value is -2.29. The van der Waals surface area contributed by atoms with E-state index in [0.717, 1.165) is 0 Å². The molecule has 1 aliphatic heterocycles. The van der Waals surface area contributed by atoms with Crippen molar-refractivity contribution in [3.63, 3.8) is 0 Å². The van der Waals surface area contributed by atoms with E-state index in [2.05, 4.69) is 5.32 Å². The number of methoxy groups -OCH3 is 1. The van der Waals surface area contributed by atoms with Crippen LogP contribution in [0.1, 0.15) is 16.8 Å². The molecule has 1 aromatic carbocycles. The van der Waals surface area contributed by atoms with Gasteiger partial charge in [0.25, 0.3) is 11.8 Å². The van der Waals surface area contributed by atoms with Gasteiger partial charge in [-0.3, -0.25) is 9.59 Å². The SMILES string of the molecule is COc1ccc(OCC(=O)N[C@@H]2CCS(=O)(=O)C2)c(C(N)=O)c1. The lowest BCUT2D eigenvalue weighted by atomic mass is 10.2. The van der Waals surface area contributed by atoms with Gasteiger partial charge in [0.05, 0.1) is 24.2 Å². The van der Waals surface area contributed by atoms with Crippen LogP contribution in [0.2, 0.25) is 0 Å². The van der Waals surface area contributed by atoms with E-state index in [9.17, 15) is 18.0 Å². The molecule has 1 saturated heterocycles. The number of nitrogens with one attached hydrogen (secondary N) is 1. The molecule has 1 fully saturated rings. The van der Waals surface area contributed by atoms with Crippen molar-refractivity contribution in [3.05, 3.63) is 23.8 Å². The molecule has 126 valence electrons. The van der Waals surface area contributed by atoms with Crippen LogP contribution in [0.4, 0.5) is 0 Å². The number of hydrogen-bond donors (Lipinski definition) is 2. The van der Waals surface area contributed by atoms with Crippen molar-refractivity contribution in [2.45, 2.75) is 12.5 Å². The van der Waals surface area contributed by atoms with Gasteiger partial charge in [-0.15, -0.1) is 0 Å². The van der Waals surface area contributed by atoms with E-state index >= 15 is 0 Å². The van der Waals surface area contributed by atoms with Crippen LogP contribution in [0, 0.1) is 0 Å². The van der Waals surface area contributed by atoms with Gasteiger partial charge >= 0.3 is 0 Å². The van der Waals surface area contributed by atoms with E-state index in [1.54, 1.807) is 6.07 Å². The zero-order chi connectivity index (χ0) is 17.0. The third-order valence-corrected chi connectivity index (χ3v) is 5.18. The fraction of sp³-hybridized carbons (Fsp3) is 0.429. The Morgan fingerprint density at radius 1 is 1.39 bits per heavy atom. The summed E-state index contributed by atoms with van der Waals surface area (Å²) in [5.41, 5.74) is 5.36. The Morgan fingerprint density at radius 3 is 2.70 bits per heavy atom. The number of benzene rings is 1. The smallest absolute Gasteiger partial charge is 0.258 e. The third kappa shape index (κ3) is 4.59. The molecule has 9 heteroatoms. The Kier molecular flexibility index (Phi) is 5.09. The van der Waals surface area contributed by atoms with Crippen LogP contribution in [0.25, 0.3) is 0 Å². The van der Waals surface area contributed by atoms with Crippen molar-refractivity contribution in [2.75, 3.05) is 25.2 Å². The Bertz CT molecular complexity index is 716. The lowest BCUT2D eigenvalue weighted by Gasteiger charge is -2.13. The zero-order valence-electron chi connectivity index (χ0n) is 12.6. The van der Waals surface area contributed by atoms with Gasteiger partial charge in [0.1, 0.15) is 11.5 Å². The van der Waals surface area contributed by atoms with Crippen LogP contribution in [0.15, 0.2) is 18.2 Å². The van der Waals surface area contributed by atoms with Gasteiger partial charge in [0, 0.05) is 6.04 Å². The molecular weight excluding hydrogens is 324 g/mol. The quantitative estimate of drug-likeness (QED) is 0.716. The van der Waals surface area contributed by atoms with Crippen molar-refractivity contribution in [1.82, 2.24) is 5.32 Å². The summed E-state index contributed by atoms with van der Waals surface area (Å²) in [6, 6.07) is 4.07. The summed E-state index contributed by atoms with van der Waals surface area (Å²) in [7, 11) is -1.62. The van der Waals surface area contributed by atoms with Gasteiger partial charge < -0.3 is 20.5 Å². The van der Waals surface area contributed by atoms with Crippen LogP contribution in [-0.2, 0) is 14.6 Å². The van der Waals surface area contributed by atoms with Gasteiger partial charge in [-0.2, -0.15) is 0 Å². The highest BCUT2D eigenvalue weighted by atomic mass is 32.2. The highest BCUT2D eigenvalue weighted by molar-refractivity contribution is 7.91. The number of sulfone groups is 1. The van der Waals surface area contributed by atoms with Gasteiger partial charge in [0.2, 0.25) is 0 Å². The lowest BCUT2D eigenvalue weighted by Crippen LogP contribution is -2.38. The van der Waals surface area contributed by atoms with E-state index in [-0.39, 0.29) is 29.4 Å². The van der Waals surface area contributed by atoms with Crippen LogP contribution in [-0.4, -0.2) is 51.5 Å². The van der Waals surface area contributed by atoms with E-state index in [0.29, 0.717) is 12.2 Å². The van der Waals surface area contributed by atoms with Gasteiger partial charge in [-0.1, -0.05) is 0 Å². The van der Waals surface area contributed by atoms with Crippen molar-refractivity contribution < 1.29 is 27.5 Å². The lowest BCUT2D eigenvalue weighted by molar-refractivity contribution is -0.123. The highest BCUT2D eigenvalue weighted by Crippen LogP contribution is 2.23. The van der Waals surface area contributed by atoms with E-state index in [1.807, 2.05) is 0 Å². The number of carbonyl (C=O) groups excluding carboxylic acids is 2. The summed E-state index contributed by atoms with van der Waals surface area (Å²) in [6.07, 6.45) is 0.392. The first-order valence-corrected chi connectivity index (χ1v) is 8.73. The second-order valence-electron chi connectivity index (χ2n) is 5.18. The van der Waals surface area contributed by atoms with E-state index < -0.39 is 27.7 Å². The first kappa shape index (κ1) is 17.1. The molecule has 0 unspecified atom stereocenters. The standard InChI is InChI=1S/C14H18N2O6S/c1-21-10-2-3-12(11(6-10)14(15)18)22-7-13(17)16-9-4-5-23(19,20)8-9/h2-3,6,9H,4-5,7-8H2,1H3,(H2,15,18)(H,16,17)/t9-/m1/s1. The Balaban J connectivity index is 1.95. The molecule has 0 bridgehead atoms. The minimum absolute atomic E-state index is 0.0617. The van der Waals surface area contributed by atoms with Crippen molar-refractivity contribution >= 4 is 21.7 Å². The second-order valence-corrected chi connectivity index (χ2v) is 7.41. The topological polar surface area (TPSA) is 125 Å². The fourth-order valence-corrected chi connectivity index (χ4v) is 3.95. The zero-order valence-corrected chi connectivity index (χ0v) is 13.4. The first-order chi connectivity index (χ1) is 10.8. The number of nitrogens with two attached hydrogens (primary N) is 1. The van der Waals surface area contributed by atoms with Crippen LogP contribution in [0.3, 0.4) is 0 Å². The van der Waals surface area contributed by atoms with E-state index in [1.165, 1.54) is 19.2 Å². The maximum atomic E-state index is 11.8. The number of amides is 2. The minimum atomic E-state index is -3.06. The molecule has 0 spiro atoms. The molecule has 0 aliphatic carbocycles. The van der Waals surface area contributed by atoms with Crippen molar-refractivity contribution in [1.29, 1.82) is 0 Å². The predicted molar refractivity (Wildman–Crippen MR) is 82.2 cm³/mol. The predicted octanol–water partition coefficient (Wildman–Crippen LogP) is -0.524. The molecule has 0 saturated carbocycles. The summed E-state index contributed by atoms with van der Waals surface area (Å²) in [4.78, 5) is 23.2. The molecule has 1 heterocycles. The molecule has 0 aromatic heterocycles. The van der Waals surface area contributed by atoms with E-state index in [4.69, 9.17) is 15.2 Å². The van der Waals surface area contributed by atoms with Crippen molar-refractivity contribution in [2.24, 2.45) is 5.73 Å². The van der Waals surface area contributed by atoms with Gasteiger partial charge in [-0.05, 0) is 24.6 Å². The number of hydrogen-bond acceptors (Lipinski definition) is 6. The third-order valence-electron chi connectivity index (χ3n) is 3.41. The van der Waals surface area contributed by atoms with Gasteiger partial charge in [-0.25, -0.2) is 8.42 Å². The fourth-order valence-electron chi connectivity index (χ4n) is 2.28.